The maximum Gasteiger partial charge on any atom is 0.302 e. The number of hydrogen-bond donors (Lipinski definition) is 0. The van der Waals surface area contributed by atoms with Crippen molar-refractivity contribution >= 4 is 5.97 Å². The van der Waals surface area contributed by atoms with E-state index in [1.165, 1.54) is 77.6 Å². The number of terminal acetylenes is 1. The van der Waals surface area contributed by atoms with E-state index in [9.17, 15) is 4.79 Å². The van der Waals surface area contributed by atoms with Crippen molar-refractivity contribution in [1.29, 1.82) is 0 Å². The van der Waals surface area contributed by atoms with Crippen molar-refractivity contribution in [3.05, 3.63) is 0 Å². The zero-order valence-electron chi connectivity index (χ0n) is 13.3. The fourth-order valence-electron chi connectivity index (χ4n) is 2.31. The van der Waals surface area contributed by atoms with Crippen molar-refractivity contribution in [2.75, 3.05) is 6.61 Å². The summed E-state index contributed by atoms with van der Waals surface area (Å²) in [5.74, 6) is 2.53. The average Bonchev–Trinajstić information content (AvgIpc) is 2.43. The highest BCUT2D eigenvalue weighted by atomic mass is 16.5. The quantitative estimate of drug-likeness (QED) is 0.247. The van der Waals surface area contributed by atoms with E-state index < -0.39 is 0 Å². The first-order valence-corrected chi connectivity index (χ1v) is 8.34. The normalized spacial score (nSPS) is 10.2. The molecule has 0 fully saturated rings. The molecule has 0 aromatic rings. The molecule has 20 heavy (non-hydrogen) atoms. The summed E-state index contributed by atoms with van der Waals surface area (Å²) in [5, 5.41) is 0. The smallest absolute Gasteiger partial charge is 0.302 e. The largest absolute Gasteiger partial charge is 0.466 e. The van der Waals surface area contributed by atoms with Gasteiger partial charge in [-0.15, -0.1) is 12.3 Å². The van der Waals surface area contributed by atoms with Gasteiger partial charge < -0.3 is 4.74 Å². The van der Waals surface area contributed by atoms with Crippen molar-refractivity contribution in [3.63, 3.8) is 0 Å². The predicted molar refractivity (Wildman–Crippen MR) is 85.5 cm³/mol. The molecule has 0 spiro atoms. The van der Waals surface area contributed by atoms with E-state index in [1.54, 1.807) is 0 Å². The minimum atomic E-state index is -0.163. The van der Waals surface area contributed by atoms with Crippen molar-refractivity contribution in [2.24, 2.45) is 0 Å². The molecule has 0 bridgehead atoms. The highest BCUT2D eigenvalue weighted by Gasteiger charge is 1.95. The lowest BCUT2D eigenvalue weighted by Gasteiger charge is -2.03. The topological polar surface area (TPSA) is 26.3 Å². The summed E-state index contributed by atoms with van der Waals surface area (Å²) in [6, 6.07) is 0. The number of hydrogen-bond acceptors (Lipinski definition) is 2. The van der Waals surface area contributed by atoms with Crippen LogP contribution in [0, 0.1) is 12.3 Å². The van der Waals surface area contributed by atoms with Gasteiger partial charge in [0.25, 0.3) is 0 Å². The van der Waals surface area contributed by atoms with Crippen LogP contribution < -0.4 is 0 Å². The van der Waals surface area contributed by atoms with Gasteiger partial charge >= 0.3 is 5.97 Å². The molecular weight excluding hydrogens is 248 g/mol. The first kappa shape index (κ1) is 19.0. The number of rotatable bonds is 14. The molecule has 0 aliphatic carbocycles. The van der Waals surface area contributed by atoms with E-state index in [2.05, 4.69) is 5.92 Å². The van der Waals surface area contributed by atoms with E-state index in [0.717, 1.165) is 12.8 Å². The van der Waals surface area contributed by atoms with Crippen LogP contribution in [0.3, 0.4) is 0 Å². The molecular formula is C18H32O2. The van der Waals surface area contributed by atoms with Gasteiger partial charge in [-0.1, -0.05) is 64.2 Å². The maximum absolute atomic E-state index is 10.5. The zero-order chi connectivity index (χ0) is 14.9. The van der Waals surface area contributed by atoms with Gasteiger partial charge in [0.1, 0.15) is 0 Å². The molecule has 0 radical (unpaired) electrons. The van der Waals surface area contributed by atoms with Gasteiger partial charge in [-0.25, -0.2) is 0 Å². The van der Waals surface area contributed by atoms with E-state index in [4.69, 9.17) is 11.2 Å². The van der Waals surface area contributed by atoms with Crippen LogP contribution in [0.2, 0.25) is 0 Å². The summed E-state index contributed by atoms with van der Waals surface area (Å²) >= 11 is 0. The SMILES string of the molecule is C#CCCCCCCCCCCCCCCOC(C)=O. The van der Waals surface area contributed by atoms with Gasteiger partial charge in [0, 0.05) is 13.3 Å². The van der Waals surface area contributed by atoms with Crippen LogP contribution in [-0.4, -0.2) is 12.6 Å². The summed E-state index contributed by atoms with van der Waals surface area (Å²) in [6.45, 7) is 2.06. The van der Waals surface area contributed by atoms with E-state index in [-0.39, 0.29) is 5.97 Å². The van der Waals surface area contributed by atoms with Gasteiger partial charge in [-0.3, -0.25) is 4.79 Å². The lowest BCUT2D eigenvalue weighted by Crippen LogP contribution is -2.00. The molecule has 0 N–H and O–H groups in total. The van der Waals surface area contributed by atoms with Gasteiger partial charge in [-0.2, -0.15) is 0 Å². The summed E-state index contributed by atoms with van der Waals surface area (Å²) in [6.07, 6.45) is 21.6. The monoisotopic (exact) mass is 280 g/mol. The first-order chi connectivity index (χ1) is 9.77. The highest BCUT2D eigenvalue weighted by molar-refractivity contribution is 5.65. The van der Waals surface area contributed by atoms with Crippen LogP contribution in [0.4, 0.5) is 0 Å². The Morgan fingerprint density at radius 2 is 1.20 bits per heavy atom. The molecule has 0 heterocycles. The molecule has 0 aromatic carbocycles. The van der Waals surface area contributed by atoms with Crippen LogP contribution in [0.15, 0.2) is 0 Å². The molecule has 0 rings (SSSR count). The Hall–Kier alpha value is -0.970. The van der Waals surface area contributed by atoms with Gasteiger partial charge in [-0.05, 0) is 12.8 Å². The number of esters is 1. The third kappa shape index (κ3) is 17.0. The summed E-state index contributed by atoms with van der Waals surface area (Å²) in [7, 11) is 0. The molecule has 0 unspecified atom stereocenters. The van der Waals surface area contributed by atoms with Crippen LogP contribution in [0.25, 0.3) is 0 Å². The Morgan fingerprint density at radius 3 is 1.60 bits per heavy atom. The molecule has 0 saturated heterocycles. The molecule has 0 amide bonds. The van der Waals surface area contributed by atoms with Crippen LogP contribution in [0.1, 0.15) is 90.4 Å². The number of carbonyl (C=O) groups is 1. The van der Waals surface area contributed by atoms with Gasteiger partial charge in [0.2, 0.25) is 0 Å². The van der Waals surface area contributed by atoms with Crippen molar-refractivity contribution < 1.29 is 9.53 Å². The van der Waals surface area contributed by atoms with Crippen LogP contribution in [-0.2, 0) is 9.53 Å². The number of ether oxygens (including phenoxy) is 1. The third-order valence-electron chi connectivity index (χ3n) is 3.52. The lowest BCUT2D eigenvalue weighted by atomic mass is 10.0. The Morgan fingerprint density at radius 1 is 0.800 bits per heavy atom. The summed E-state index contributed by atoms with van der Waals surface area (Å²) in [5.41, 5.74) is 0. The summed E-state index contributed by atoms with van der Waals surface area (Å²) in [4.78, 5) is 10.5. The Kier molecular flexibility index (Phi) is 15.3. The molecule has 116 valence electrons. The van der Waals surface area contributed by atoms with Gasteiger partial charge in [0.15, 0.2) is 0 Å². The van der Waals surface area contributed by atoms with Crippen LogP contribution in [0.5, 0.6) is 0 Å². The Balaban J connectivity index is 2.96. The molecule has 2 nitrogen and oxygen atoms in total. The Bertz CT molecular complexity index is 253. The molecule has 0 aromatic heterocycles. The highest BCUT2D eigenvalue weighted by Crippen LogP contribution is 2.12. The molecule has 0 atom stereocenters. The van der Waals surface area contributed by atoms with Crippen molar-refractivity contribution in [3.8, 4) is 12.3 Å². The fraction of sp³-hybridized carbons (Fsp3) is 0.833. The average molecular weight is 280 g/mol. The van der Waals surface area contributed by atoms with Crippen molar-refractivity contribution in [1.82, 2.24) is 0 Å². The zero-order valence-corrected chi connectivity index (χ0v) is 13.3. The first-order valence-electron chi connectivity index (χ1n) is 8.34. The number of unbranched alkanes of at least 4 members (excludes halogenated alkanes) is 12. The second-order valence-corrected chi connectivity index (χ2v) is 5.54. The standard InChI is InChI=1S/C18H32O2/c1-3-4-5-6-7-8-9-10-11-12-13-14-15-16-17-20-18(2)19/h1H,4-17H2,2H3. The molecule has 0 aliphatic rings. The van der Waals surface area contributed by atoms with E-state index in [1.807, 2.05) is 0 Å². The van der Waals surface area contributed by atoms with E-state index in [0.29, 0.717) is 6.61 Å². The maximum atomic E-state index is 10.5. The van der Waals surface area contributed by atoms with Gasteiger partial charge in [0.05, 0.1) is 6.61 Å². The molecule has 2 heteroatoms. The fourth-order valence-corrected chi connectivity index (χ4v) is 2.31. The van der Waals surface area contributed by atoms with Crippen molar-refractivity contribution in [2.45, 2.75) is 90.4 Å². The Labute approximate surface area is 125 Å². The number of carbonyl (C=O) groups excluding carboxylic acids is 1. The third-order valence-corrected chi connectivity index (χ3v) is 3.52. The minimum absolute atomic E-state index is 0.163. The lowest BCUT2D eigenvalue weighted by molar-refractivity contribution is -0.141. The van der Waals surface area contributed by atoms with E-state index >= 15 is 0 Å². The minimum Gasteiger partial charge on any atom is -0.466 e. The second kappa shape index (κ2) is 16.1. The molecule has 0 saturated carbocycles. The summed E-state index contributed by atoms with van der Waals surface area (Å²) < 4.78 is 4.90. The molecule has 0 aliphatic heterocycles. The van der Waals surface area contributed by atoms with Crippen LogP contribution >= 0.6 is 0 Å². The predicted octanol–water partition coefficient (Wildman–Crippen LogP) is 5.25. The second-order valence-electron chi connectivity index (χ2n) is 5.54.